The van der Waals surface area contributed by atoms with Gasteiger partial charge in [0.25, 0.3) is 5.91 Å². The summed E-state index contributed by atoms with van der Waals surface area (Å²) in [5.74, 6) is -0.0509. The molecule has 0 spiro atoms. The number of aryl methyl sites for hydroxylation is 2. The maximum absolute atomic E-state index is 12.2. The summed E-state index contributed by atoms with van der Waals surface area (Å²) < 4.78 is 5.60. The van der Waals surface area contributed by atoms with Crippen LogP contribution in [0.4, 0.5) is 5.13 Å². The summed E-state index contributed by atoms with van der Waals surface area (Å²) >= 11 is 7.45. The molecule has 0 unspecified atom stereocenters. The van der Waals surface area contributed by atoms with Gasteiger partial charge in [-0.2, -0.15) is 0 Å². The number of nitrogens with one attached hydrogen (secondary N) is 1. The minimum absolute atomic E-state index is 0.265. The second-order valence-corrected chi connectivity index (χ2v) is 5.69. The number of aromatic nitrogens is 1. The van der Waals surface area contributed by atoms with E-state index in [0.717, 1.165) is 16.6 Å². The highest BCUT2D eigenvalue weighted by Crippen LogP contribution is 2.31. The Hall–Kier alpha value is -1.85. The Kier molecular flexibility index (Phi) is 3.23. The van der Waals surface area contributed by atoms with Crippen LogP contribution in [0.5, 0.6) is 0 Å². The van der Waals surface area contributed by atoms with Crippen molar-refractivity contribution in [3.63, 3.8) is 0 Å². The molecule has 0 saturated carbocycles. The zero-order valence-electron chi connectivity index (χ0n) is 10.9. The highest BCUT2D eigenvalue weighted by molar-refractivity contribution is 7.13. The van der Waals surface area contributed by atoms with Crippen molar-refractivity contribution < 1.29 is 9.21 Å². The molecule has 1 aromatic carbocycles. The van der Waals surface area contributed by atoms with Crippen LogP contribution in [0.3, 0.4) is 0 Å². The molecule has 0 aliphatic rings. The zero-order chi connectivity index (χ0) is 14.3. The predicted octanol–water partition coefficient (Wildman–Crippen LogP) is 4.41. The van der Waals surface area contributed by atoms with Crippen molar-refractivity contribution in [1.82, 2.24) is 4.98 Å². The fourth-order valence-corrected chi connectivity index (χ4v) is 2.89. The fourth-order valence-electron chi connectivity index (χ4n) is 1.99. The first kappa shape index (κ1) is 13.1. The third kappa shape index (κ3) is 2.19. The van der Waals surface area contributed by atoms with E-state index in [9.17, 15) is 4.79 Å². The summed E-state index contributed by atoms with van der Waals surface area (Å²) in [6, 6.07) is 5.45. The Balaban J connectivity index is 1.99. The van der Waals surface area contributed by atoms with Gasteiger partial charge in [-0.25, -0.2) is 4.98 Å². The predicted molar refractivity (Wildman–Crippen MR) is 80.8 cm³/mol. The molecule has 4 nitrogen and oxygen atoms in total. The molecule has 1 amide bonds. The Morgan fingerprint density at radius 1 is 1.40 bits per heavy atom. The average molecular weight is 307 g/mol. The van der Waals surface area contributed by atoms with E-state index in [1.807, 2.05) is 31.4 Å². The molecule has 0 atom stereocenters. The number of thiazole rings is 1. The molecular formula is C14H11ClN2O2S. The number of benzene rings is 1. The van der Waals surface area contributed by atoms with Gasteiger partial charge >= 0.3 is 0 Å². The van der Waals surface area contributed by atoms with Crippen molar-refractivity contribution in [3.8, 4) is 0 Å². The Morgan fingerprint density at radius 3 is 2.85 bits per heavy atom. The first-order chi connectivity index (χ1) is 9.56. The number of hydrogen-bond acceptors (Lipinski definition) is 4. The first-order valence-corrected chi connectivity index (χ1v) is 7.23. The van der Waals surface area contributed by atoms with Gasteiger partial charge in [0.2, 0.25) is 0 Å². The van der Waals surface area contributed by atoms with Crippen LogP contribution in [0.1, 0.15) is 21.8 Å². The number of nitrogens with zero attached hydrogens (tertiary/aromatic N) is 1. The van der Waals surface area contributed by atoms with Gasteiger partial charge in [0.05, 0.1) is 10.7 Å². The maximum atomic E-state index is 12.2. The molecule has 102 valence electrons. The van der Waals surface area contributed by atoms with Crippen molar-refractivity contribution >= 4 is 44.9 Å². The van der Waals surface area contributed by atoms with E-state index in [1.54, 1.807) is 6.07 Å². The van der Waals surface area contributed by atoms with Gasteiger partial charge in [-0.3, -0.25) is 10.1 Å². The summed E-state index contributed by atoms with van der Waals surface area (Å²) in [7, 11) is 0. The molecule has 20 heavy (non-hydrogen) atoms. The highest BCUT2D eigenvalue weighted by atomic mass is 35.5. The molecule has 6 heteroatoms. The van der Waals surface area contributed by atoms with E-state index >= 15 is 0 Å². The van der Waals surface area contributed by atoms with E-state index < -0.39 is 0 Å². The number of halogens is 1. The molecule has 2 aromatic heterocycles. The minimum Gasteiger partial charge on any atom is -0.449 e. The van der Waals surface area contributed by atoms with Crippen LogP contribution in [0.15, 0.2) is 28.0 Å². The van der Waals surface area contributed by atoms with Crippen molar-refractivity contribution in [1.29, 1.82) is 0 Å². The van der Waals surface area contributed by atoms with E-state index in [0.29, 0.717) is 15.7 Å². The van der Waals surface area contributed by atoms with Gasteiger partial charge < -0.3 is 4.42 Å². The number of amides is 1. The quantitative estimate of drug-likeness (QED) is 0.763. The van der Waals surface area contributed by atoms with Crippen molar-refractivity contribution in [3.05, 3.63) is 45.6 Å². The van der Waals surface area contributed by atoms with Crippen molar-refractivity contribution in [2.45, 2.75) is 13.8 Å². The van der Waals surface area contributed by atoms with Gasteiger partial charge in [-0.05, 0) is 19.9 Å². The molecule has 0 aliphatic heterocycles. The third-order valence-corrected chi connectivity index (χ3v) is 4.13. The Labute approximate surface area is 124 Å². The summed E-state index contributed by atoms with van der Waals surface area (Å²) in [4.78, 5) is 16.4. The SMILES string of the molecule is Cc1csc(NC(=O)c2oc3c(Cl)cccc3c2C)n1. The molecule has 0 radical (unpaired) electrons. The lowest BCUT2D eigenvalue weighted by molar-refractivity contribution is 0.0998. The fraction of sp³-hybridized carbons (Fsp3) is 0.143. The average Bonchev–Trinajstić information content (AvgIpc) is 2.95. The second-order valence-electron chi connectivity index (χ2n) is 4.42. The van der Waals surface area contributed by atoms with Crippen LogP contribution in [0.25, 0.3) is 11.0 Å². The molecule has 0 saturated heterocycles. The number of anilines is 1. The number of para-hydroxylation sites is 1. The van der Waals surface area contributed by atoms with Gasteiger partial charge in [0.15, 0.2) is 16.5 Å². The molecule has 2 heterocycles. The van der Waals surface area contributed by atoms with Crippen LogP contribution in [0, 0.1) is 13.8 Å². The second kappa shape index (κ2) is 4.92. The number of rotatable bonds is 2. The summed E-state index contributed by atoms with van der Waals surface area (Å²) in [5.41, 5.74) is 2.18. The van der Waals surface area contributed by atoms with Gasteiger partial charge in [0, 0.05) is 16.3 Å². The molecule has 3 aromatic rings. The monoisotopic (exact) mass is 306 g/mol. The van der Waals surface area contributed by atoms with Crippen LogP contribution < -0.4 is 5.32 Å². The van der Waals surface area contributed by atoms with E-state index in [1.165, 1.54) is 11.3 Å². The topological polar surface area (TPSA) is 55.1 Å². The normalized spacial score (nSPS) is 10.9. The van der Waals surface area contributed by atoms with Crippen LogP contribution in [0.2, 0.25) is 5.02 Å². The summed E-state index contributed by atoms with van der Waals surface area (Å²) in [6.45, 7) is 3.71. The zero-order valence-corrected chi connectivity index (χ0v) is 12.4. The number of furan rings is 1. The van der Waals surface area contributed by atoms with Crippen LogP contribution in [-0.4, -0.2) is 10.9 Å². The van der Waals surface area contributed by atoms with E-state index in [-0.39, 0.29) is 11.7 Å². The minimum atomic E-state index is -0.316. The van der Waals surface area contributed by atoms with Crippen molar-refractivity contribution in [2.75, 3.05) is 5.32 Å². The lowest BCUT2D eigenvalue weighted by Gasteiger charge is -1.98. The van der Waals surface area contributed by atoms with Crippen LogP contribution in [-0.2, 0) is 0 Å². The van der Waals surface area contributed by atoms with E-state index in [2.05, 4.69) is 10.3 Å². The number of fused-ring (bicyclic) bond motifs is 1. The highest BCUT2D eigenvalue weighted by Gasteiger charge is 2.19. The number of hydrogen-bond donors (Lipinski definition) is 1. The number of carbonyl (C=O) groups is 1. The van der Waals surface area contributed by atoms with Gasteiger partial charge in [-0.15, -0.1) is 11.3 Å². The molecular weight excluding hydrogens is 296 g/mol. The molecule has 0 bridgehead atoms. The summed E-state index contributed by atoms with van der Waals surface area (Å²) in [5, 5.41) is 6.50. The standard InChI is InChI=1S/C14H11ClN2O2S/c1-7-6-20-14(16-7)17-13(18)11-8(2)9-4-3-5-10(15)12(9)19-11/h3-6H,1-2H3,(H,16,17,18). The molecule has 0 fully saturated rings. The van der Waals surface area contributed by atoms with Gasteiger partial charge in [-0.1, -0.05) is 23.7 Å². The third-order valence-electron chi connectivity index (χ3n) is 2.96. The Morgan fingerprint density at radius 2 is 2.20 bits per heavy atom. The maximum Gasteiger partial charge on any atom is 0.293 e. The van der Waals surface area contributed by atoms with Gasteiger partial charge in [0.1, 0.15) is 0 Å². The van der Waals surface area contributed by atoms with Crippen LogP contribution >= 0.6 is 22.9 Å². The smallest absolute Gasteiger partial charge is 0.293 e. The lowest BCUT2D eigenvalue weighted by atomic mass is 10.1. The molecule has 1 N–H and O–H groups in total. The summed E-state index contributed by atoms with van der Waals surface area (Å²) in [6.07, 6.45) is 0. The largest absolute Gasteiger partial charge is 0.449 e. The van der Waals surface area contributed by atoms with Crippen molar-refractivity contribution in [2.24, 2.45) is 0 Å². The van der Waals surface area contributed by atoms with E-state index in [4.69, 9.17) is 16.0 Å². The molecule has 3 rings (SSSR count). The molecule has 0 aliphatic carbocycles. The first-order valence-electron chi connectivity index (χ1n) is 5.97. The lowest BCUT2D eigenvalue weighted by Crippen LogP contribution is -2.11. The Bertz CT molecular complexity index is 807. The number of carbonyl (C=O) groups excluding carboxylic acids is 1.